The second-order valence-corrected chi connectivity index (χ2v) is 5.14. The number of rotatable bonds is 6. The highest BCUT2D eigenvalue weighted by molar-refractivity contribution is 6.32. The van der Waals surface area contributed by atoms with Crippen LogP contribution in [0.5, 0.6) is 0 Å². The van der Waals surface area contributed by atoms with E-state index in [-0.39, 0.29) is 0 Å². The average Bonchev–Trinajstić information content (AvgIpc) is 2.48. The predicted molar refractivity (Wildman–Crippen MR) is 81.2 cm³/mol. The molecule has 0 radical (unpaired) electrons. The lowest BCUT2D eigenvalue weighted by atomic mass is 10.3. The first-order valence-electron chi connectivity index (χ1n) is 7.06. The van der Waals surface area contributed by atoms with E-state index in [1.165, 1.54) is 0 Å². The molecule has 0 amide bonds. The van der Waals surface area contributed by atoms with E-state index in [9.17, 15) is 0 Å². The Bertz CT molecular complexity index is 437. The molecule has 7 heteroatoms. The summed E-state index contributed by atoms with van der Waals surface area (Å²) in [6, 6.07) is 0. The number of anilines is 2. The third kappa shape index (κ3) is 4.19. The zero-order valence-corrected chi connectivity index (χ0v) is 12.6. The summed E-state index contributed by atoms with van der Waals surface area (Å²) < 4.78 is 5.32. The Morgan fingerprint density at radius 3 is 2.80 bits per heavy atom. The third-order valence-electron chi connectivity index (χ3n) is 3.31. The lowest BCUT2D eigenvalue weighted by Gasteiger charge is -2.26. The summed E-state index contributed by atoms with van der Waals surface area (Å²) in [7, 11) is 0. The van der Waals surface area contributed by atoms with E-state index in [2.05, 4.69) is 20.2 Å². The van der Waals surface area contributed by atoms with Crippen LogP contribution in [-0.4, -0.2) is 54.3 Å². The van der Waals surface area contributed by atoms with Crippen LogP contribution in [0.15, 0.2) is 0 Å². The maximum absolute atomic E-state index is 5.99. The number of aromatic nitrogens is 2. The third-order valence-corrected chi connectivity index (χ3v) is 3.60. The zero-order chi connectivity index (χ0) is 14.4. The first-order chi connectivity index (χ1) is 9.70. The molecule has 0 unspecified atom stereocenters. The van der Waals surface area contributed by atoms with Gasteiger partial charge in [0.1, 0.15) is 11.5 Å². The molecule has 0 bridgehead atoms. The van der Waals surface area contributed by atoms with Crippen molar-refractivity contribution in [2.75, 3.05) is 50.4 Å². The van der Waals surface area contributed by atoms with Crippen LogP contribution >= 0.6 is 11.6 Å². The molecule has 2 rings (SSSR count). The second kappa shape index (κ2) is 7.61. The molecule has 0 spiro atoms. The van der Waals surface area contributed by atoms with Gasteiger partial charge >= 0.3 is 0 Å². The molecule has 0 aliphatic carbocycles. The van der Waals surface area contributed by atoms with Crippen LogP contribution in [0.4, 0.5) is 11.5 Å². The minimum absolute atomic E-state index is 0.326. The number of ether oxygens (including phenoxy) is 1. The number of morpholine rings is 1. The summed E-state index contributed by atoms with van der Waals surface area (Å²) in [6.07, 6.45) is 1.77. The van der Waals surface area contributed by atoms with Gasteiger partial charge in [-0.15, -0.1) is 0 Å². The number of nitrogen functional groups attached to an aromatic ring is 1. The van der Waals surface area contributed by atoms with Crippen LogP contribution in [0, 0.1) is 0 Å². The number of nitrogens with two attached hydrogens (primary N) is 1. The summed E-state index contributed by atoms with van der Waals surface area (Å²) in [4.78, 5) is 10.9. The van der Waals surface area contributed by atoms with Crippen LogP contribution in [0.1, 0.15) is 19.2 Å². The van der Waals surface area contributed by atoms with Crippen molar-refractivity contribution in [1.29, 1.82) is 0 Å². The van der Waals surface area contributed by atoms with Gasteiger partial charge in [0.25, 0.3) is 0 Å². The van der Waals surface area contributed by atoms with Gasteiger partial charge in [0, 0.05) is 26.1 Å². The van der Waals surface area contributed by atoms with E-state index in [0.717, 1.165) is 52.2 Å². The monoisotopic (exact) mass is 299 g/mol. The number of hydrogen-bond acceptors (Lipinski definition) is 6. The normalized spacial score (nSPS) is 16.3. The van der Waals surface area contributed by atoms with Crippen molar-refractivity contribution in [2.45, 2.75) is 19.8 Å². The molecule has 0 aromatic carbocycles. The Morgan fingerprint density at radius 1 is 1.35 bits per heavy atom. The van der Waals surface area contributed by atoms with Crippen molar-refractivity contribution in [2.24, 2.45) is 0 Å². The number of nitrogens with one attached hydrogen (secondary N) is 1. The summed E-state index contributed by atoms with van der Waals surface area (Å²) in [5.74, 6) is 1.35. The van der Waals surface area contributed by atoms with Crippen LogP contribution in [0.2, 0.25) is 5.15 Å². The molecular weight excluding hydrogens is 278 g/mol. The maximum Gasteiger partial charge on any atom is 0.157 e. The first-order valence-corrected chi connectivity index (χ1v) is 7.44. The Hall–Kier alpha value is -1.11. The van der Waals surface area contributed by atoms with E-state index in [4.69, 9.17) is 22.1 Å². The molecule has 6 nitrogen and oxygen atoms in total. The van der Waals surface area contributed by atoms with Crippen molar-refractivity contribution < 1.29 is 4.74 Å². The van der Waals surface area contributed by atoms with Crippen LogP contribution in [0.25, 0.3) is 0 Å². The summed E-state index contributed by atoms with van der Waals surface area (Å²) in [5.41, 5.74) is 6.31. The lowest BCUT2D eigenvalue weighted by Crippen LogP contribution is -2.37. The van der Waals surface area contributed by atoms with Crippen molar-refractivity contribution in [3.63, 3.8) is 0 Å². The molecule has 1 aliphatic rings. The van der Waals surface area contributed by atoms with E-state index in [0.29, 0.717) is 22.5 Å². The number of hydrogen-bond donors (Lipinski definition) is 2. The fourth-order valence-corrected chi connectivity index (χ4v) is 2.30. The molecule has 1 saturated heterocycles. The SMILES string of the molecule is CCc1nc(Cl)c(N)c(NCCCN2CCOCC2)n1. The molecule has 1 aromatic rings. The van der Waals surface area contributed by atoms with Gasteiger partial charge in [-0.1, -0.05) is 18.5 Å². The van der Waals surface area contributed by atoms with Gasteiger partial charge < -0.3 is 15.8 Å². The van der Waals surface area contributed by atoms with Gasteiger partial charge in [-0.2, -0.15) is 0 Å². The van der Waals surface area contributed by atoms with Gasteiger partial charge in [0.15, 0.2) is 11.0 Å². The fraction of sp³-hybridized carbons (Fsp3) is 0.692. The molecule has 0 saturated carbocycles. The Balaban J connectivity index is 1.79. The molecule has 1 aliphatic heterocycles. The Morgan fingerprint density at radius 2 is 2.10 bits per heavy atom. The Kier molecular flexibility index (Phi) is 5.82. The highest BCUT2D eigenvalue weighted by atomic mass is 35.5. The van der Waals surface area contributed by atoms with E-state index in [1.54, 1.807) is 0 Å². The molecule has 1 fully saturated rings. The van der Waals surface area contributed by atoms with Crippen molar-refractivity contribution >= 4 is 23.1 Å². The minimum Gasteiger partial charge on any atom is -0.393 e. The second-order valence-electron chi connectivity index (χ2n) is 4.78. The zero-order valence-electron chi connectivity index (χ0n) is 11.9. The summed E-state index contributed by atoms with van der Waals surface area (Å²) in [6.45, 7) is 7.56. The van der Waals surface area contributed by atoms with Gasteiger partial charge in [0.05, 0.1) is 13.2 Å². The number of aryl methyl sites for hydroxylation is 1. The first kappa shape index (κ1) is 15.3. The highest BCUT2D eigenvalue weighted by Gasteiger charge is 2.11. The number of halogens is 1. The minimum atomic E-state index is 0.326. The van der Waals surface area contributed by atoms with Gasteiger partial charge in [0.2, 0.25) is 0 Å². The molecule has 2 heterocycles. The largest absolute Gasteiger partial charge is 0.393 e. The number of nitrogens with zero attached hydrogens (tertiary/aromatic N) is 3. The molecular formula is C13H22ClN5O. The van der Waals surface area contributed by atoms with Crippen molar-refractivity contribution in [3.8, 4) is 0 Å². The van der Waals surface area contributed by atoms with Crippen LogP contribution in [0.3, 0.4) is 0 Å². The summed E-state index contributed by atoms with van der Waals surface area (Å²) >= 11 is 5.99. The molecule has 1 aromatic heterocycles. The van der Waals surface area contributed by atoms with Gasteiger partial charge in [-0.05, 0) is 13.0 Å². The smallest absolute Gasteiger partial charge is 0.157 e. The topological polar surface area (TPSA) is 76.3 Å². The predicted octanol–water partition coefficient (Wildman–Crippen LogP) is 1.41. The average molecular weight is 300 g/mol. The standard InChI is InChI=1S/C13H22ClN5O/c1-2-10-17-12(14)11(15)13(18-10)16-4-3-5-19-6-8-20-9-7-19/h2-9,15H2,1H3,(H,16,17,18). The van der Waals surface area contributed by atoms with Crippen molar-refractivity contribution in [1.82, 2.24) is 14.9 Å². The summed E-state index contributed by atoms with van der Waals surface area (Å²) in [5, 5.41) is 3.58. The maximum atomic E-state index is 5.99. The van der Waals surface area contributed by atoms with Gasteiger partial charge in [-0.25, -0.2) is 9.97 Å². The molecule has 3 N–H and O–H groups in total. The lowest BCUT2D eigenvalue weighted by molar-refractivity contribution is 0.0378. The van der Waals surface area contributed by atoms with Crippen LogP contribution in [-0.2, 0) is 11.2 Å². The van der Waals surface area contributed by atoms with E-state index < -0.39 is 0 Å². The quantitative estimate of drug-likeness (QED) is 0.611. The van der Waals surface area contributed by atoms with Crippen molar-refractivity contribution in [3.05, 3.63) is 11.0 Å². The van der Waals surface area contributed by atoms with Crippen LogP contribution < -0.4 is 11.1 Å². The van der Waals surface area contributed by atoms with E-state index >= 15 is 0 Å². The molecule has 20 heavy (non-hydrogen) atoms. The Labute approximate surface area is 124 Å². The van der Waals surface area contributed by atoms with Gasteiger partial charge in [-0.3, -0.25) is 4.90 Å². The molecule has 0 atom stereocenters. The molecule has 112 valence electrons. The highest BCUT2D eigenvalue weighted by Crippen LogP contribution is 2.23. The fourth-order valence-electron chi connectivity index (χ4n) is 2.11. The van der Waals surface area contributed by atoms with E-state index in [1.807, 2.05) is 6.92 Å².